The minimum Gasteiger partial charge on any atom is -0.455 e. The van der Waals surface area contributed by atoms with E-state index in [0.29, 0.717) is 6.61 Å². The molecule has 0 aliphatic rings. The lowest BCUT2D eigenvalue weighted by atomic mass is 10.0. The monoisotopic (exact) mass is 309 g/mol. The Kier molecular flexibility index (Phi) is 17.2. The molecular weight excluding hydrogens is 274 g/mol. The zero-order valence-corrected chi connectivity index (χ0v) is 14.6. The Balaban J connectivity index is 3.00. The lowest BCUT2D eigenvalue weighted by Gasteiger charge is -2.03. The lowest BCUT2D eigenvalue weighted by Crippen LogP contribution is -2.02. The molecule has 0 aromatic rings. The van der Waals surface area contributed by atoms with Crippen molar-refractivity contribution >= 4 is 5.97 Å². The van der Waals surface area contributed by atoms with Crippen molar-refractivity contribution in [2.45, 2.75) is 103 Å². The van der Waals surface area contributed by atoms with Crippen molar-refractivity contribution in [3.63, 3.8) is 0 Å². The van der Waals surface area contributed by atoms with Crippen molar-refractivity contribution in [2.24, 2.45) is 0 Å². The number of unbranched alkanes of at least 4 members (excludes halogenated alkanes) is 14. The lowest BCUT2D eigenvalue weighted by molar-refractivity contribution is -0.137. The van der Waals surface area contributed by atoms with Crippen LogP contribution in [-0.4, -0.2) is 12.6 Å². The van der Waals surface area contributed by atoms with Crippen molar-refractivity contribution in [1.29, 1.82) is 5.26 Å². The van der Waals surface area contributed by atoms with Crippen LogP contribution in [-0.2, 0) is 9.53 Å². The number of esters is 1. The SMILES string of the molecule is CCCCCCCCCCCCCCCCCOC(=O)C#N. The molecule has 0 bridgehead atoms. The second-order valence-corrected chi connectivity index (χ2v) is 6.20. The molecule has 128 valence electrons. The number of hydrogen-bond acceptors (Lipinski definition) is 3. The quantitative estimate of drug-likeness (QED) is 0.202. The maximum Gasteiger partial charge on any atom is 0.411 e. The van der Waals surface area contributed by atoms with Crippen molar-refractivity contribution in [1.82, 2.24) is 0 Å². The Morgan fingerprint density at radius 2 is 1.09 bits per heavy atom. The highest BCUT2D eigenvalue weighted by Gasteiger charge is 1.98. The third-order valence-electron chi connectivity index (χ3n) is 4.07. The largest absolute Gasteiger partial charge is 0.455 e. The summed E-state index contributed by atoms with van der Waals surface area (Å²) in [6.45, 7) is 2.66. The van der Waals surface area contributed by atoms with E-state index >= 15 is 0 Å². The maximum absolute atomic E-state index is 10.6. The minimum absolute atomic E-state index is 0.394. The Morgan fingerprint density at radius 1 is 0.727 bits per heavy atom. The summed E-state index contributed by atoms with van der Waals surface area (Å²) < 4.78 is 4.70. The highest BCUT2D eigenvalue weighted by Crippen LogP contribution is 2.13. The van der Waals surface area contributed by atoms with Gasteiger partial charge in [0.2, 0.25) is 0 Å². The predicted octanol–water partition coefficient (Wildman–Crippen LogP) is 5.92. The molecule has 22 heavy (non-hydrogen) atoms. The van der Waals surface area contributed by atoms with Crippen molar-refractivity contribution in [3.8, 4) is 6.07 Å². The average Bonchev–Trinajstić information content (AvgIpc) is 2.54. The minimum atomic E-state index is -0.759. The molecule has 0 fully saturated rings. The molecule has 0 saturated heterocycles. The molecule has 0 N–H and O–H groups in total. The van der Waals surface area contributed by atoms with Gasteiger partial charge in [-0.25, -0.2) is 4.79 Å². The topological polar surface area (TPSA) is 50.1 Å². The van der Waals surface area contributed by atoms with E-state index in [2.05, 4.69) is 6.92 Å². The Labute approximate surface area is 137 Å². The normalized spacial score (nSPS) is 10.4. The average molecular weight is 309 g/mol. The van der Waals surface area contributed by atoms with Crippen molar-refractivity contribution in [3.05, 3.63) is 0 Å². The van der Waals surface area contributed by atoms with Crippen molar-refractivity contribution in [2.75, 3.05) is 6.61 Å². The van der Waals surface area contributed by atoms with Gasteiger partial charge in [0.1, 0.15) is 0 Å². The fraction of sp³-hybridized carbons (Fsp3) is 0.895. The summed E-state index contributed by atoms with van der Waals surface area (Å²) in [5, 5.41) is 8.24. The van der Waals surface area contributed by atoms with E-state index in [-0.39, 0.29) is 0 Å². The zero-order valence-electron chi connectivity index (χ0n) is 14.6. The fourth-order valence-corrected chi connectivity index (χ4v) is 2.67. The van der Waals surface area contributed by atoms with Crippen LogP contribution in [0.15, 0.2) is 0 Å². The number of hydrogen-bond donors (Lipinski definition) is 0. The van der Waals surface area contributed by atoms with Crippen LogP contribution in [0.3, 0.4) is 0 Å². The van der Waals surface area contributed by atoms with Gasteiger partial charge in [0.25, 0.3) is 0 Å². The Bertz CT molecular complexity index is 284. The summed E-state index contributed by atoms with van der Waals surface area (Å²) in [5.74, 6) is -0.759. The molecule has 0 radical (unpaired) electrons. The number of nitrogens with zero attached hydrogens (tertiary/aromatic N) is 1. The number of carbonyl (C=O) groups is 1. The van der Waals surface area contributed by atoms with Crippen LogP contribution >= 0.6 is 0 Å². The number of rotatable bonds is 16. The third kappa shape index (κ3) is 17.0. The standard InChI is InChI=1S/C19H35NO2/c1-2-3-4-5-6-7-8-9-10-11-12-13-14-15-16-17-22-19(21)18-20/h2-17H2,1H3. The van der Waals surface area contributed by atoms with Crippen LogP contribution in [0.1, 0.15) is 103 Å². The summed E-state index contributed by atoms with van der Waals surface area (Å²) in [7, 11) is 0. The van der Waals surface area contributed by atoms with Gasteiger partial charge in [0.05, 0.1) is 6.61 Å². The molecule has 0 spiro atoms. The van der Waals surface area contributed by atoms with Gasteiger partial charge in [0.15, 0.2) is 6.07 Å². The molecule has 0 rings (SSSR count). The molecule has 0 aliphatic carbocycles. The first-order chi connectivity index (χ1) is 10.8. The second kappa shape index (κ2) is 18.0. The van der Waals surface area contributed by atoms with E-state index < -0.39 is 5.97 Å². The van der Waals surface area contributed by atoms with Crippen LogP contribution in [0.5, 0.6) is 0 Å². The van der Waals surface area contributed by atoms with Gasteiger partial charge in [-0.15, -0.1) is 0 Å². The molecule has 0 atom stereocenters. The van der Waals surface area contributed by atoms with Crippen LogP contribution in [0.2, 0.25) is 0 Å². The van der Waals surface area contributed by atoms with Gasteiger partial charge in [-0.2, -0.15) is 5.26 Å². The van der Waals surface area contributed by atoms with E-state index in [1.54, 1.807) is 0 Å². The summed E-state index contributed by atoms with van der Waals surface area (Å²) in [5.41, 5.74) is 0. The van der Waals surface area contributed by atoms with Gasteiger partial charge >= 0.3 is 5.97 Å². The molecule has 0 aliphatic heterocycles. The van der Waals surface area contributed by atoms with E-state index in [9.17, 15) is 4.79 Å². The zero-order chi connectivity index (χ0) is 16.3. The highest BCUT2D eigenvalue weighted by atomic mass is 16.5. The third-order valence-corrected chi connectivity index (χ3v) is 4.07. The van der Waals surface area contributed by atoms with Gasteiger partial charge < -0.3 is 4.74 Å². The smallest absolute Gasteiger partial charge is 0.411 e. The van der Waals surface area contributed by atoms with Gasteiger partial charge in [-0.1, -0.05) is 96.8 Å². The van der Waals surface area contributed by atoms with E-state index in [1.165, 1.54) is 89.5 Å². The maximum atomic E-state index is 10.6. The predicted molar refractivity (Wildman–Crippen MR) is 91.5 cm³/mol. The number of carbonyl (C=O) groups excluding carboxylic acids is 1. The summed E-state index contributed by atoms with van der Waals surface area (Å²) in [6, 6.07) is 1.46. The van der Waals surface area contributed by atoms with Crippen molar-refractivity contribution < 1.29 is 9.53 Å². The first-order valence-corrected chi connectivity index (χ1v) is 9.38. The van der Waals surface area contributed by atoms with Crippen LogP contribution < -0.4 is 0 Å². The fourth-order valence-electron chi connectivity index (χ4n) is 2.67. The second-order valence-electron chi connectivity index (χ2n) is 6.20. The molecule has 0 amide bonds. The van der Waals surface area contributed by atoms with Gasteiger partial charge in [0, 0.05) is 0 Å². The molecular formula is C19H35NO2. The number of nitriles is 1. The van der Waals surface area contributed by atoms with Crippen LogP contribution in [0, 0.1) is 11.3 Å². The summed E-state index contributed by atoms with van der Waals surface area (Å²) >= 11 is 0. The summed E-state index contributed by atoms with van der Waals surface area (Å²) in [6.07, 6.45) is 19.8. The van der Waals surface area contributed by atoms with E-state index in [0.717, 1.165) is 12.8 Å². The van der Waals surface area contributed by atoms with Crippen LogP contribution in [0.25, 0.3) is 0 Å². The summed E-state index contributed by atoms with van der Waals surface area (Å²) in [4.78, 5) is 10.6. The molecule has 0 aromatic heterocycles. The molecule has 0 saturated carbocycles. The molecule has 0 aromatic carbocycles. The molecule has 3 heteroatoms. The van der Waals surface area contributed by atoms with E-state index in [4.69, 9.17) is 10.00 Å². The van der Waals surface area contributed by atoms with Gasteiger partial charge in [-0.05, 0) is 6.42 Å². The van der Waals surface area contributed by atoms with Crippen LogP contribution in [0.4, 0.5) is 0 Å². The van der Waals surface area contributed by atoms with E-state index in [1.807, 2.05) is 0 Å². The van der Waals surface area contributed by atoms with Gasteiger partial charge in [-0.3, -0.25) is 0 Å². The Morgan fingerprint density at radius 3 is 1.45 bits per heavy atom. The first kappa shape index (κ1) is 21.0. The molecule has 3 nitrogen and oxygen atoms in total. The first-order valence-electron chi connectivity index (χ1n) is 9.38. The Hall–Kier alpha value is -1.04. The highest BCUT2D eigenvalue weighted by molar-refractivity contribution is 5.85. The molecule has 0 unspecified atom stereocenters. The molecule has 0 heterocycles. The number of ether oxygens (including phenoxy) is 1.